The van der Waals surface area contributed by atoms with Crippen LogP contribution in [0.3, 0.4) is 0 Å². The van der Waals surface area contributed by atoms with Gasteiger partial charge < -0.3 is 14.4 Å². The standard InChI is InChI=1S/C26H30N2O3/c1-18-23(10-7-20-17-27-14-11-24(18)20)19-5-8-21(9-6-19)30-22-12-15-28(16-13-22)25(29)31-26(2,3)4/h5-11,14,17,22H,12-13,15-16H2,1-4H3. The van der Waals surface area contributed by atoms with Crippen molar-refractivity contribution in [2.75, 3.05) is 13.1 Å². The highest BCUT2D eigenvalue weighted by atomic mass is 16.6. The lowest BCUT2D eigenvalue weighted by atomic mass is 9.96. The maximum atomic E-state index is 12.2. The second-order valence-electron chi connectivity index (χ2n) is 9.14. The van der Waals surface area contributed by atoms with Gasteiger partial charge in [-0.1, -0.05) is 24.3 Å². The molecule has 4 rings (SSSR count). The molecule has 0 N–H and O–H groups in total. The van der Waals surface area contributed by atoms with Crippen LogP contribution >= 0.6 is 0 Å². The number of benzene rings is 2. The first kappa shape index (κ1) is 21.2. The fourth-order valence-corrected chi connectivity index (χ4v) is 4.03. The van der Waals surface area contributed by atoms with E-state index in [-0.39, 0.29) is 12.2 Å². The van der Waals surface area contributed by atoms with E-state index in [0.29, 0.717) is 13.1 Å². The number of rotatable bonds is 3. The number of pyridine rings is 1. The summed E-state index contributed by atoms with van der Waals surface area (Å²) in [5, 5.41) is 2.38. The van der Waals surface area contributed by atoms with Gasteiger partial charge in [0.2, 0.25) is 0 Å². The predicted molar refractivity (Wildman–Crippen MR) is 123 cm³/mol. The zero-order valence-electron chi connectivity index (χ0n) is 18.7. The van der Waals surface area contributed by atoms with Gasteiger partial charge in [0.25, 0.3) is 0 Å². The zero-order chi connectivity index (χ0) is 22.0. The van der Waals surface area contributed by atoms with Gasteiger partial charge in [-0.05, 0) is 68.0 Å². The van der Waals surface area contributed by atoms with Crippen LogP contribution in [-0.2, 0) is 4.74 Å². The van der Waals surface area contributed by atoms with E-state index in [0.717, 1.165) is 24.0 Å². The fraction of sp³-hybridized carbons (Fsp3) is 0.385. The van der Waals surface area contributed by atoms with Crippen molar-refractivity contribution < 1.29 is 14.3 Å². The Morgan fingerprint density at radius 1 is 1.03 bits per heavy atom. The third-order valence-corrected chi connectivity index (χ3v) is 5.65. The maximum absolute atomic E-state index is 12.2. The van der Waals surface area contributed by atoms with E-state index < -0.39 is 5.60 Å². The highest BCUT2D eigenvalue weighted by Gasteiger charge is 2.27. The molecule has 31 heavy (non-hydrogen) atoms. The summed E-state index contributed by atoms with van der Waals surface area (Å²) in [7, 11) is 0. The number of likely N-dealkylation sites (tertiary alicyclic amines) is 1. The molecule has 1 aliphatic heterocycles. The van der Waals surface area contributed by atoms with Crippen LogP contribution in [0.2, 0.25) is 0 Å². The lowest BCUT2D eigenvalue weighted by Gasteiger charge is -2.33. The smallest absolute Gasteiger partial charge is 0.410 e. The largest absolute Gasteiger partial charge is 0.490 e. The summed E-state index contributed by atoms with van der Waals surface area (Å²) in [5.74, 6) is 0.863. The van der Waals surface area contributed by atoms with Crippen LogP contribution in [0.4, 0.5) is 4.79 Å². The fourth-order valence-electron chi connectivity index (χ4n) is 4.03. The van der Waals surface area contributed by atoms with Gasteiger partial charge >= 0.3 is 6.09 Å². The van der Waals surface area contributed by atoms with Gasteiger partial charge in [0.15, 0.2) is 0 Å². The molecule has 0 unspecified atom stereocenters. The van der Waals surface area contributed by atoms with Gasteiger partial charge in [0, 0.05) is 43.7 Å². The highest BCUT2D eigenvalue weighted by Crippen LogP contribution is 2.31. The molecule has 2 heterocycles. The molecule has 0 aliphatic carbocycles. The quantitative estimate of drug-likeness (QED) is 0.524. The Morgan fingerprint density at radius 2 is 1.74 bits per heavy atom. The molecule has 3 aromatic rings. The average molecular weight is 419 g/mol. The van der Waals surface area contributed by atoms with Crippen LogP contribution in [0, 0.1) is 6.92 Å². The van der Waals surface area contributed by atoms with Crippen LogP contribution in [0.5, 0.6) is 5.75 Å². The first-order valence-corrected chi connectivity index (χ1v) is 10.9. The number of nitrogens with zero attached hydrogens (tertiary/aromatic N) is 2. The second kappa shape index (κ2) is 8.58. The SMILES string of the molecule is Cc1c(-c2ccc(OC3CCN(C(=O)OC(C)(C)C)CC3)cc2)ccc2cnccc12. The predicted octanol–water partition coefficient (Wildman–Crippen LogP) is 5.99. The Kier molecular flexibility index (Phi) is 5.86. The van der Waals surface area contributed by atoms with Gasteiger partial charge in [-0.25, -0.2) is 4.79 Å². The van der Waals surface area contributed by atoms with E-state index in [1.807, 2.05) is 45.3 Å². The second-order valence-corrected chi connectivity index (χ2v) is 9.14. The Labute approximate surface area is 184 Å². The van der Waals surface area contributed by atoms with Gasteiger partial charge in [-0.15, -0.1) is 0 Å². The first-order chi connectivity index (χ1) is 14.8. The van der Waals surface area contributed by atoms with E-state index in [1.54, 1.807) is 4.90 Å². The van der Waals surface area contributed by atoms with Crippen molar-refractivity contribution in [2.45, 2.75) is 52.2 Å². The number of fused-ring (bicyclic) bond motifs is 1. The minimum absolute atomic E-state index is 0.111. The summed E-state index contributed by atoms with van der Waals surface area (Å²) in [6.45, 7) is 9.13. The molecule has 0 radical (unpaired) electrons. The lowest BCUT2D eigenvalue weighted by molar-refractivity contribution is 0.0126. The molecule has 0 saturated carbocycles. The van der Waals surface area contributed by atoms with Crippen molar-refractivity contribution in [2.24, 2.45) is 0 Å². The molecule has 1 amide bonds. The number of amides is 1. The summed E-state index contributed by atoms with van der Waals surface area (Å²) in [6, 6.07) is 14.6. The Balaban J connectivity index is 1.38. The summed E-state index contributed by atoms with van der Waals surface area (Å²) in [5.41, 5.74) is 3.18. The van der Waals surface area contributed by atoms with Crippen LogP contribution in [-0.4, -0.2) is 40.8 Å². The first-order valence-electron chi connectivity index (χ1n) is 10.9. The molecule has 2 aromatic carbocycles. The third kappa shape index (κ3) is 4.98. The summed E-state index contributed by atoms with van der Waals surface area (Å²) in [6.07, 6.45) is 5.22. The molecule has 1 aliphatic rings. The number of aromatic nitrogens is 1. The van der Waals surface area contributed by atoms with Crippen molar-refractivity contribution in [1.82, 2.24) is 9.88 Å². The van der Waals surface area contributed by atoms with Crippen LogP contribution in [0.15, 0.2) is 54.9 Å². The highest BCUT2D eigenvalue weighted by molar-refractivity contribution is 5.90. The Hall–Kier alpha value is -3.08. The Morgan fingerprint density at radius 3 is 2.42 bits per heavy atom. The molecule has 5 nitrogen and oxygen atoms in total. The lowest BCUT2D eigenvalue weighted by Crippen LogP contribution is -2.44. The third-order valence-electron chi connectivity index (χ3n) is 5.65. The maximum Gasteiger partial charge on any atom is 0.410 e. The minimum atomic E-state index is -0.466. The minimum Gasteiger partial charge on any atom is -0.490 e. The van der Waals surface area contributed by atoms with Crippen molar-refractivity contribution in [3.63, 3.8) is 0 Å². The van der Waals surface area contributed by atoms with Crippen molar-refractivity contribution >= 4 is 16.9 Å². The molecule has 1 fully saturated rings. The van der Waals surface area contributed by atoms with Gasteiger partial charge in [-0.2, -0.15) is 0 Å². The molecule has 0 spiro atoms. The van der Waals surface area contributed by atoms with Crippen LogP contribution < -0.4 is 4.74 Å². The van der Waals surface area contributed by atoms with E-state index >= 15 is 0 Å². The van der Waals surface area contributed by atoms with E-state index in [2.05, 4.69) is 42.2 Å². The number of hydrogen-bond acceptors (Lipinski definition) is 4. The summed E-state index contributed by atoms with van der Waals surface area (Å²) >= 11 is 0. The van der Waals surface area contributed by atoms with Crippen LogP contribution in [0.1, 0.15) is 39.2 Å². The normalized spacial score (nSPS) is 15.2. The Bertz CT molecular complexity index is 1060. The van der Waals surface area contributed by atoms with Crippen molar-refractivity contribution in [3.8, 4) is 16.9 Å². The molecular weight excluding hydrogens is 388 g/mol. The number of hydrogen-bond donors (Lipinski definition) is 0. The number of aryl methyl sites for hydroxylation is 1. The summed E-state index contributed by atoms with van der Waals surface area (Å²) in [4.78, 5) is 18.2. The zero-order valence-corrected chi connectivity index (χ0v) is 18.7. The monoisotopic (exact) mass is 418 g/mol. The molecule has 162 valence electrons. The molecular formula is C26H30N2O3. The molecule has 0 bridgehead atoms. The number of piperidine rings is 1. The number of ether oxygens (including phenoxy) is 2. The van der Waals surface area contributed by atoms with Crippen molar-refractivity contribution in [1.29, 1.82) is 0 Å². The van der Waals surface area contributed by atoms with E-state index in [4.69, 9.17) is 9.47 Å². The van der Waals surface area contributed by atoms with Gasteiger partial charge in [0.05, 0.1) is 0 Å². The van der Waals surface area contributed by atoms with Gasteiger partial charge in [-0.3, -0.25) is 4.98 Å². The molecule has 5 heteroatoms. The molecule has 1 saturated heterocycles. The van der Waals surface area contributed by atoms with E-state index in [9.17, 15) is 4.79 Å². The topological polar surface area (TPSA) is 51.7 Å². The summed E-state index contributed by atoms with van der Waals surface area (Å²) < 4.78 is 11.7. The van der Waals surface area contributed by atoms with Crippen LogP contribution in [0.25, 0.3) is 21.9 Å². The average Bonchev–Trinajstić information content (AvgIpc) is 2.74. The molecule has 0 atom stereocenters. The number of carbonyl (C=O) groups excluding carboxylic acids is 1. The molecule has 1 aromatic heterocycles. The number of carbonyl (C=O) groups is 1. The van der Waals surface area contributed by atoms with Crippen molar-refractivity contribution in [3.05, 3.63) is 60.4 Å². The van der Waals surface area contributed by atoms with E-state index in [1.165, 1.54) is 22.1 Å². The van der Waals surface area contributed by atoms with Gasteiger partial charge in [0.1, 0.15) is 17.5 Å².